The molecule has 0 saturated carbocycles. The van der Waals surface area contributed by atoms with Crippen LogP contribution in [0.15, 0.2) is 0 Å². The lowest BCUT2D eigenvalue weighted by molar-refractivity contribution is -0.141. The van der Waals surface area contributed by atoms with E-state index >= 15 is 0 Å². The van der Waals surface area contributed by atoms with E-state index < -0.39 is 12.0 Å². The van der Waals surface area contributed by atoms with Crippen molar-refractivity contribution in [1.82, 2.24) is 9.80 Å². The maximum Gasteiger partial charge on any atom is 0.326 e. The summed E-state index contributed by atoms with van der Waals surface area (Å²) in [6.07, 6.45) is 1.05. The highest BCUT2D eigenvalue weighted by atomic mass is 16.5. The monoisotopic (exact) mass is 271 g/mol. The van der Waals surface area contributed by atoms with Crippen LogP contribution in [0.5, 0.6) is 0 Å². The zero-order chi connectivity index (χ0) is 14.0. The van der Waals surface area contributed by atoms with E-state index in [0.717, 1.165) is 6.42 Å². The van der Waals surface area contributed by atoms with E-state index in [0.29, 0.717) is 38.5 Å². The van der Waals surface area contributed by atoms with Crippen LogP contribution < -0.4 is 5.73 Å². The molecule has 0 aromatic rings. The van der Waals surface area contributed by atoms with Crippen LogP contribution >= 0.6 is 0 Å². The van der Waals surface area contributed by atoms with Gasteiger partial charge in [-0.25, -0.2) is 9.59 Å². The molecule has 0 bridgehead atoms. The summed E-state index contributed by atoms with van der Waals surface area (Å²) in [5.74, 6) is -0.643. The number of hydrogen-bond acceptors (Lipinski definition) is 4. The van der Waals surface area contributed by atoms with E-state index in [4.69, 9.17) is 10.5 Å². The van der Waals surface area contributed by atoms with Gasteiger partial charge in [0.15, 0.2) is 0 Å². The molecule has 2 rings (SSSR count). The fourth-order valence-corrected chi connectivity index (χ4v) is 2.79. The number of rotatable bonds is 3. The number of urea groups is 1. The van der Waals surface area contributed by atoms with Gasteiger partial charge in [0.1, 0.15) is 6.04 Å². The Labute approximate surface area is 112 Å². The fraction of sp³-hybridized carbons (Fsp3) is 0.833. The first kappa shape index (κ1) is 14.1. The lowest BCUT2D eigenvalue weighted by atomic mass is 10.1. The van der Waals surface area contributed by atoms with Crippen molar-refractivity contribution in [2.75, 3.05) is 33.3 Å². The van der Waals surface area contributed by atoms with Crippen LogP contribution in [0.2, 0.25) is 0 Å². The molecule has 0 radical (unpaired) electrons. The van der Waals surface area contributed by atoms with Gasteiger partial charge in [0.2, 0.25) is 0 Å². The molecule has 2 saturated heterocycles. The Hall–Kier alpha value is -1.34. The molecule has 3 unspecified atom stereocenters. The molecule has 0 aliphatic carbocycles. The Morgan fingerprint density at radius 2 is 2.16 bits per heavy atom. The van der Waals surface area contributed by atoms with Crippen LogP contribution in [-0.4, -0.2) is 72.3 Å². The van der Waals surface area contributed by atoms with Crippen LogP contribution in [0.1, 0.15) is 12.8 Å². The molecular weight excluding hydrogens is 250 g/mol. The minimum absolute atomic E-state index is 0.196. The number of carbonyl (C=O) groups is 2. The van der Waals surface area contributed by atoms with Crippen molar-refractivity contribution in [2.24, 2.45) is 11.7 Å². The zero-order valence-corrected chi connectivity index (χ0v) is 11.1. The topological polar surface area (TPSA) is 96.1 Å². The second-order valence-corrected chi connectivity index (χ2v) is 5.22. The van der Waals surface area contributed by atoms with Crippen LogP contribution in [0.3, 0.4) is 0 Å². The molecule has 7 nitrogen and oxygen atoms in total. The number of carbonyl (C=O) groups excluding carboxylic acids is 1. The summed E-state index contributed by atoms with van der Waals surface area (Å²) in [7, 11) is 1.54. The van der Waals surface area contributed by atoms with Crippen molar-refractivity contribution in [1.29, 1.82) is 0 Å². The van der Waals surface area contributed by atoms with Gasteiger partial charge in [-0.05, 0) is 18.9 Å². The smallest absolute Gasteiger partial charge is 0.326 e. The first-order valence-corrected chi connectivity index (χ1v) is 6.58. The molecule has 2 heterocycles. The Morgan fingerprint density at radius 3 is 2.68 bits per heavy atom. The highest BCUT2D eigenvalue weighted by molar-refractivity contribution is 5.83. The third-order valence-corrected chi connectivity index (χ3v) is 4.02. The molecule has 7 heteroatoms. The number of aliphatic carboxylic acids is 1. The quantitative estimate of drug-likeness (QED) is 0.725. The number of ether oxygens (including phenoxy) is 1. The highest BCUT2D eigenvalue weighted by Crippen LogP contribution is 2.24. The van der Waals surface area contributed by atoms with Crippen molar-refractivity contribution >= 4 is 12.0 Å². The zero-order valence-electron chi connectivity index (χ0n) is 11.1. The summed E-state index contributed by atoms with van der Waals surface area (Å²) in [5.41, 5.74) is 5.60. The number of nitrogens with zero attached hydrogens (tertiary/aromatic N) is 2. The molecule has 2 aliphatic rings. The summed E-state index contributed by atoms with van der Waals surface area (Å²) >= 11 is 0. The number of methoxy groups -OCH3 is 1. The predicted octanol–water partition coefficient (Wildman–Crippen LogP) is -0.439. The molecule has 2 amide bonds. The van der Waals surface area contributed by atoms with Gasteiger partial charge in [-0.2, -0.15) is 0 Å². The van der Waals surface area contributed by atoms with Gasteiger partial charge >= 0.3 is 12.0 Å². The van der Waals surface area contributed by atoms with Gasteiger partial charge in [0.25, 0.3) is 0 Å². The summed E-state index contributed by atoms with van der Waals surface area (Å²) in [4.78, 5) is 26.7. The number of amides is 2. The molecule has 2 fully saturated rings. The molecule has 19 heavy (non-hydrogen) atoms. The van der Waals surface area contributed by atoms with E-state index in [-0.39, 0.29) is 12.1 Å². The minimum Gasteiger partial charge on any atom is -0.480 e. The summed E-state index contributed by atoms with van der Waals surface area (Å²) in [6, 6.07) is -0.989. The third kappa shape index (κ3) is 2.82. The van der Waals surface area contributed by atoms with Gasteiger partial charge in [-0.15, -0.1) is 0 Å². The Morgan fingerprint density at radius 1 is 1.42 bits per heavy atom. The number of likely N-dealkylation sites (tertiary alicyclic amines) is 2. The van der Waals surface area contributed by atoms with Crippen molar-refractivity contribution in [3.05, 3.63) is 0 Å². The van der Waals surface area contributed by atoms with Crippen molar-refractivity contribution in [2.45, 2.75) is 25.0 Å². The fourth-order valence-electron chi connectivity index (χ4n) is 2.79. The van der Waals surface area contributed by atoms with E-state index in [2.05, 4.69) is 0 Å². The molecule has 3 atom stereocenters. The van der Waals surface area contributed by atoms with Crippen molar-refractivity contribution in [3.63, 3.8) is 0 Å². The first-order valence-electron chi connectivity index (χ1n) is 6.58. The van der Waals surface area contributed by atoms with Crippen LogP contribution in [0.25, 0.3) is 0 Å². The van der Waals surface area contributed by atoms with Gasteiger partial charge in [0.05, 0.1) is 6.10 Å². The molecule has 0 spiro atoms. The van der Waals surface area contributed by atoms with Gasteiger partial charge in [-0.3, -0.25) is 0 Å². The highest BCUT2D eigenvalue weighted by Gasteiger charge is 2.42. The number of hydrogen-bond donors (Lipinski definition) is 2. The molecule has 3 N–H and O–H groups in total. The lowest BCUT2D eigenvalue weighted by Crippen LogP contribution is -2.47. The maximum absolute atomic E-state index is 12.4. The number of nitrogens with two attached hydrogens (primary N) is 1. The maximum atomic E-state index is 12.4. The van der Waals surface area contributed by atoms with Gasteiger partial charge in [-0.1, -0.05) is 0 Å². The average Bonchev–Trinajstić information content (AvgIpc) is 3.04. The summed E-state index contributed by atoms with van der Waals surface area (Å²) < 4.78 is 5.18. The summed E-state index contributed by atoms with van der Waals surface area (Å²) in [5, 5.41) is 9.20. The number of carboxylic acid groups (broad SMARTS) is 1. The van der Waals surface area contributed by atoms with Crippen molar-refractivity contribution in [3.8, 4) is 0 Å². The van der Waals surface area contributed by atoms with Crippen LogP contribution in [0.4, 0.5) is 4.79 Å². The Kier molecular flexibility index (Phi) is 4.26. The Balaban J connectivity index is 2.03. The average molecular weight is 271 g/mol. The standard InChI is InChI=1S/C12H21N3O4/c1-19-9-4-10(11(16)17)15(7-9)12(18)14-3-2-8(5-13)6-14/h8-10H,2-7,13H2,1H3,(H,16,17). The summed E-state index contributed by atoms with van der Waals surface area (Å²) in [6.45, 7) is 2.18. The second-order valence-electron chi connectivity index (χ2n) is 5.22. The van der Waals surface area contributed by atoms with E-state index in [9.17, 15) is 14.7 Å². The minimum atomic E-state index is -0.970. The predicted molar refractivity (Wildman–Crippen MR) is 67.7 cm³/mol. The third-order valence-electron chi connectivity index (χ3n) is 4.02. The Bertz CT molecular complexity index is 363. The molecular formula is C12H21N3O4. The molecule has 108 valence electrons. The van der Waals surface area contributed by atoms with E-state index in [1.165, 1.54) is 12.0 Å². The molecule has 2 aliphatic heterocycles. The van der Waals surface area contributed by atoms with Crippen molar-refractivity contribution < 1.29 is 19.4 Å². The molecule has 0 aromatic carbocycles. The lowest BCUT2D eigenvalue weighted by Gasteiger charge is -2.27. The van der Waals surface area contributed by atoms with Gasteiger partial charge < -0.3 is 25.4 Å². The largest absolute Gasteiger partial charge is 0.480 e. The SMILES string of the molecule is COC1CC(C(=O)O)N(C(=O)N2CCC(CN)C2)C1. The first-order chi connectivity index (χ1) is 9.06. The van der Waals surface area contributed by atoms with Crippen LogP contribution in [-0.2, 0) is 9.53 Å². The van der Waals surface area contributed by atoms with E-state index in [1.54, 1.807) is 4.90 Å². The van der Waals surface area contributed by atoms with E-state index in [1.807, 2.05) is 0 Å². The molecule has 0 aromatic heterocycles. The second kappa shape index (κ2) is 5.75. The van der Waals surface area contributed by atoms with Gasteiger partial charge in [0, 0.05) is 33.2 Å². The van der Waals surface area contributed by atoms with Crippen LogP contribution in [0, 0.1) is 5.92 Å². The normalized spacial score (nSPS) is 30.9. The number of carboxylic acids is 1.